The number of benzene rings is 2. The number of ketones is 1. The Morgan fingerprint density at radius 2 is 1.73 bits per heavy atom. The van der Waals surface area contributed by atoms with E-state index in [-0.39, 0.29) is 18.3 Å². The standard InChI is InChI=1S/C22H22N2O5S/c25-19(26)11-18(20(27)21-23-9-10-30-21)24-22(28)29-12-17-15-7-3-1-5-13(15)14-6-2-4-8-16(14)17/h1-8,17-18,21,23H,9-12H2,(H,24,28)(H,25,26)/t18-,21?/m0/s1. The predicted molar refractivity (Wildman–Crippen MR) is 114 cm³/mol. The molecule has 1 heterocycles. The van der Waals surface area contributed by atoms with Crippen molar-refractivity contribution in [3.8, 4) is 11.1 Å². The van der Waals surface area contributed by atoms with Crippen molar-refractivity contribution in [1.29, 1.82) is 0 Å². The molecule has 2 aromatic carbocycles. The van der Waals surface area contributed by atoms with Gasteiger partial charge in [0.2, 0.25) is 0 Å². The van der Waals surface area contributed by atoms with Crippen molar-refractivity contribution in [3.63, 3.8) is 0 Å². The summed E-state index contributed by atoms with van der Waals surface area (Å²) in [5, 5.41) is 14.1. The van der Waals surface area contributed by atoms with Crippen molar-refractivity contribution in [2.45, 2.75) is 23.8 Å². The first-order valence-corrected chi connectivity index (χ1v) is 10.8. The van der Waals surface area contributed by atoms with Gasteiger partial charge in [-0.1, -0.05) is 48.5 Å². The maximum absolute atomic E-state index is 12.6. The number of hydrogen-bond donors (Lipinski definition) is 3. The Hall–Kier alpha value is -2.84. The van der Waals surface area contributed by atoms with Crippen LogP contribution in [0.15, 0.2) is 48.5 Å². The minimum absolute atomic E-state index is 0.101. The molecule has 30 heavy (non-hydrogen) atoms. The summed E-state index contributed by atoms with van der Waals surface area (Å²) < 4.78 is 5.44. The van der Waals surface area contributed by atoms with E-state index in [1.165, 1.54) is 11.8 Å². The number of fused-ring (bicyclic) bond motifs is 3. The molecule has 1 aliphatic heterocycles. The van der Waals surface area contributed by atoms with Gasteiger partial charge in [-0.2, -0.15) is 0 Å². The summed E-state index contributed by atoms with van der Waals surface area (Å²) in [7, 11) is 0. The molecule has 1 saturated heterocycles. The van der Waals surface area contributed by atoms with Crippen LogP contribution in [0.2, 0.25) is 0 Å². The van der Waals surface area contributed by atoms with Crippen molar-refractivity contribution in [2.75, 3.05) is 18.9 Å². The minimum Gasteiger partial charge on any atom is -0.481 e. The number of rotatable bonds is 7. The number of Topliss-reactive ketones (excluding diaryl/α,β-unsaturated/α-hetero) is 1. The van der Waals surface area contributed by atoms with Crippen LogP contribution < -0.4 is 10.6 Å². The Morgan fingerprint density at radius 1 is 1.10 bits per heavy atom. The minimum atomic E-state index is -1.16. The summed E-state index contributed by atoms with van der Waals surface area (Å²) in [5.41, 5.74) is 4.39. The number of thioether (sulfide) groups is 1. The number of hydrogen-bond acceptors (Lipinski definition) is 6. The second-order valence-electron chi connectivity index (χ2n) is 7.23. The number of amides is 1. The fourth-order valence-corrected chi connectivity index (χ4v) is 5.01. The van der Waals surface area contributed by atoms with Crippen LogP contribution in [-0.2, 0) is 14.3 Å². The Kier molecular flexibility index (Phi) is 6.06. The molecule has 7 nitrogen and oxygen atoms in total. The van der Waals surface area contributed by atoms with Gasteiger partial charge in [0, 0.05) is 18.2 Å². The van der Waals surface area contributed by atoms with Crippen LogP contribution in [0.1, 0.15) is 23.5 Å². The summed E-state index contributed by atoms with van der Waals surface area (Å²) >= 11 is 1.41. The summed E-state index contributed by atoms with van der Waals surface area (Å²) in [4.78, 5) is 36.2. The molecule has 2 aromatic rings. The summed E-state index contributed by atoms with van der Waals surface area (Å²) in [5.74, 6) is -0.853. The van der Waals surface area contributed by atoms with Crippen molar-refractivity contribution >= 4 is 29.6 Å². The molecule has 0 bridgehead atoms. The van der Waals surface area contributed by atoms with E-state index in [1.807, 2.05) is 48.5 Å². The molecule has 1 unspecified atom stereocenters. The molecule has 3 N–H and O–H groups in total. The number of carboxylic acids is 1. The third-order valence-corrected chi connectivity index (χ3v) is 6.50. The smallest absolute Gasteiger partial charge is 0.407 e. The van der Waals surface area contributed by atoms with Crippen molar-refractivity contribution in [1.82, 2.24) is 10.6 Å². The SMILES string of the molecule is O=C(O)C[C@H](NC(=O)OCC1c2ccccc2-c2ccccc21)C(=O)C1NCCS1. The molecule has 2 atom stereocenters. The van der Waals surface area contributed by atoms with Gasteiger partial charge < -0.3 is 15.2 Å². The summed E-state index contributed by atoms with van der Waals surface area (Å²) in [6.07, 6.45) is -1.28. The summed E-state index contributed by atoms with van der Waals surface area (Å²) in [6, 6.07) is 14.8. The fourth-order valence-electron chi connectivity index (χ4n) is 3.97. The van der Waals surface area contributed by atoms with Crippen LogP contribution in [0, 0.1) is 0 Å². The van der Waals surface area contributed by atoms with E-state index in [0.717, 1.165) is 28.0 Å². The quantitative estimate of drug-likeness (QED) is 0.625. The molecule has 1 fully saturated rings. The van der Waals surface area contributed by atoms with Gasteiger partial charge in [-0.3, -0.25) is 14.9 Å². The van der Waals surface area contributed by atoms with Gasteiger partial charge in [0.05, 0.1) is 6.42 Å². The van der Waals surface area contributed by atoms with Crippen LogP contribution in [0.25, 0.3) is 11.1 Å². The van der Waals surface area contributed by atoms with Crippen LogP contribution in [0.4, 0.5) is 4.79 Å². The fraction of sp³-hybridized carbons (Fsp3) is 0.318. The number of aliphatic carboxylic acids is 1. The molecular formula is C22H22N2O5S. The molecular weight excluding hydrogens is 404 g/mol. The van der Waals surface area contributed by atoms with Gasteiger partial charge in [-0.25, -0.2) is 4.79 Å². The first-order valence-electron chi connectivity index (χ1n) is 9.76. The average Bonchev–Trinajstić information content (AvgIpc) is 3.38. The first kappa shape index (κ1) is 20.4. The Labute approximate surface area is 178 Å². The lowest BCUT2D eigenvalue weighted by atomic mass is 9.98. The lowest BCUT2D eigenvalue weighted by Crippen LogP contribution is -2.48. The number of alkyl carbamates (subject to hydrolysis) is 1. The second-order valence-corrected chi connectivity index (χ2v) is 8.44. The van der Waals surface area contributed by atoms with Gasteiger partial charge in [-0.15, -0.1) is 11.8 Å². The number of nitrogens with one attached hydrogen (secondary N) is 2. The highest BCUT2D eigenvalue weighted by Crippen LogP contribution is 2.44. The van der Waals surface area contributed by atoms with E-state index in [1.54, 1.807) is 0 Å². The van der Waals surface area contributed by atoms with Crippen LogP contribution in [0.5, 0.6) is 0 Å². The van der Waals surface area contributed by atoms with Gasteiger partial charge >= 0.3 is 12.1 Å². The molecule has 2 aliphatic rings. The Bertz CT molecular complexity index is 928. The zero-order valence-corrected chi connectivity index (χ0v) is 17.0. The van der Waals surface area contributed by atoms with E-state index in [2.05, 4.69) is 10.6 Å². The van der Waals surface area contributed by atoms with E-state index >= 15 is 0 Å². The van der Waals surface area contributed by atoms with Crippen LogP contribution in [0.3, 0.4) is 0 Å². The number of carboxylic acid groups (broad SMARTS) is 1. The largest absolute Gasteiger partial charge is 0.481 e. The van der Waals surface area contributed by atoms with Gasteiger partial charge in [0.25, 0.3) is 0 Å². The maximum atomic E-state index is 12.6. The monoisotopic (exact) mass is 426 g/mol. The van der Waals surface area contributed by atoms with Crippen LogP contribution in [-0.4, -0.2) is 53.3 Å². The van der Waals surface area contributed by atoms with E-state index in [4.69, 9.17) is 9.84 Å². The molecule has 0 saturated carbocycles. The number of ether oxygens (including phenoxy) is 1. The van der Waals surface area contributed by atoms with E-state index in [0.29, 0.717) is 6.54 Å². The summed E-state index contributed by atoms with van der Waals surface area (Å²) in [6.45, 7) is 0.774. The second kappa shape index (κ2) is 8.89. The van der Waals surface area contributed by atoms with E-state index < -0.39 is 29.9 Å². The van der Waals surface area contributed by atoms with Crippen molar-refractivity contribution in [3.05, 3.63) is 59.7 Å². The third kappa shape index (κ3) is 4.20. The average molecular weight is 426 g/mol. The van der Waals surface area contributed by atoms with Gasteiger partial charge in [0.15, 0.2) is 5.78 Å². The lowest BCUT2D eigenvalue weighted by molar-refractivity contribution is -0.139. The molecule has 4 rings (SSSR count). The maximum Gasteiger partial charge on any atom is 0.407 e. The van der Waals surface area contributed by atoms with E-state index in [9.17, 15) is 14.4 Å². The molecule has 0 aromatic heterocycles. The number of carbonyl (C=O) groups is 3. The predicted octanol–water partition coefficient (Wildman–Crippen LogP) is 2.60. The molecule has 0 spiro atoms. The van der Waals surface area contributed by atoms with Crippen LogP contribution >= 0.6 is 11.8 Å². The molecule has 156 valence electrons. The first-order chi connectivity index (χ1) is 14.5. The topological polar surface area (TPSA) is 105 Å². The third-order valence-electron chi connectivity index (χ3n) is 5.33. The number of carbonyl (C=O) groups excluding carboxylic acids is 2. The molecule has 8 heteroatoms. The highest BCUT2D eigenvalue weighted by molar-refractivity contribution is 8.00. The van der Waals surface area contributed by atoms with Gasteiger partial charge in [0.1, 0.15) is 18.0 Å². The molecule has 1 aliphatic carbocycles. The highest BCUT2D eigenvalue weighted by atomic mass is 32.2. The normalized spacial score (nSPS) is 18.3. The van der Waals surface area contributed by atoms with Crippen molar-refractivity contribution in [2.24, 2.45) is 0 Å². The Morgan fingerprint density at radius 3 is 2.30 bits per heavy atom. The zero-order chi connectivity index (χ0) is 21.1. The molecule has 0 radical (unpaired) electrons. The van der Waals surface area contributed by atoms with Crippen molar-refractivity contribution < 1.29 is 24.2 Å². The van der Waals surface area contributed by atoms with Gasteiger partial charge in [-0.05, 0) is 22.3 Å². The Balaban J connectivity index is 1.43. The lowest BCUT2D eigenvalue weighted by Gasteiger charge is -2.20. The zero-order valence-electron chi connectivity index (χ0n) is 16.2. The highest BCUT2D eigenvalue weighted by Gasteiger charge is 2.33. The molecule has 1 amide bonds.